The summed E-state index contributed by atoms with van der Waals surface area (Å²) in [6, 6.07) is 7.74. The van der Waals surface area contributed by atoms with E-state index in [1.165, 1.54) is 11.1 Å². The van der Waals surface area contributed by atoms with E-state index in [1.807, 2.05) is 31.2 Å². The number of benzene rings is 1. The summed E-state index contributed by atoms with van der Waals surface area (Å²) < 4.78 is 1.65. The van der Waals surface area contributed by atoms with Gasteiger partial charge in [0.15, 0.2) is 0 Å². The van der Waals surface area contributed by atoms with Crippen LogP contribution in [0.15, 0.2) is 36.7 Å². The smallest absolute Gasteiger partial charge is 0.308 e. The summed E-state index contributed by atoms with van der Waals surface area (Å²) in [5.74, 6) is -1.77. The first kappa shape index (κ1) is 15.8. The minimum absolute atomic E-state index is 0.156. The Bertz CT molecular complexity index is 693. The number of carboxylic acids is 1. The molecule has 6 nitrogen and oxygen atoms in total. The van der Waals surface area contributed by atoms with Crippen molar-refractivity contribution in [1.82, 2.24) is 14.7 Å². The molecule has 1 aromatic heterocycles. The lowest BCUT2D eigenvalue weighted by atomic mass is 10.1. The van der Waals surface area contributed by atoms with Crippen molar-refractivity contribution >= 4 is 11.9 Å². The van der Waals surface area contributed by atoms with Gasteiger partial charge in [-0.15, -0.1) is 0 Å². The molecule has 6 heteroatoms. The maximum absolute atomic E-state index is 12.3. The summed E-state index contributed by atoms with van der Waals surface area (Å²) >= 11 is 0. The van der Waals surface area contributed by atoms with Gasteiger partial charge in [0.2, 0.25) is 0 Å². The number of aryl methyl sites for hydroxylation is 1. The van der Waals surface area contributed by atoms with Crippen LogP contribution in [0.4, 0.5) is 0 Å². The van der Waals surface area contributed by atoms with Crippen molar-refractivity contribution < 1.29 is 14.7 Å². The van der Waals surface area contributed by atoms with Crippen LogP contribution >= 0.6 is 0 Å². The Labute approximate surface area is 129 Å². The number of para-hydroxylation sites is 1. The summed E-state index contributed by atoms with van der Waals surface area (Å²) in [4.78, 5) is 24.6. The van der Waals surface area contributed by atoms with E-state index < -0.39 is 11.9 Å². The second kappa shape index (κ2) is 6.43. The molecule has 1 amide bonds. The predicted molar refractivity (Wildman–Crippen MR) is 82.1 cm³/mol. The molecule has 0 saturated heterocycles. The lowest BCUT2D eigenvalue weighted by Gasteiger charge is -2.18. The van der Waals surface area contributed by atoms with E-state index >= 15 is 0 Å². The Hall–Kier alpha value is -2.63. The molecule has 1 heterocycles. The number of amides is 1. The first-order valence-electron chi connectivity index (χ1n) is 6.99. The highest BCUT2D eigenvalue weighted by Gasteiger charge is 2.19. The summed E-state index contributed by atoms with van der Waals surface area (Å²) in [5.41, 5.74) is 2.39. The number of carboxylic acid groups (broad SMARTS) is 1. The van der Waals surface area contributed by atoms with Crippen LogP contribution in [0, 0.1) is 12.8 Å². The number of carbonyl (C=O) groups is 2. The molecule has 22 heavy (non-hydrogen) atoms. The van der Waals surface area contributed by atoms with E-state index in [-0.39, 0.29) is 12.5 Å². The fourth-order valence-corrected chi connectivity index (χ4v) is 2.18. The summed E-state index contributed by atoms with van der Waals surface area (Å²) in [6.07, 6.45) is 3.16. The molecule has 0 fully saturated rings. The monoisotopic (exact) mass is 301 g/mol. The van der Waals surface area contributed by atoms with Gasteiger partial charge in [-0.3, -0.25) is 9.59 Å². The molecule has 1 aromatic carbocycles. The van der Waals surface area contributed by atoms with Crippen LogP contribution in [0.3, 0.4) is 0 Å². The van der Waals surface area contributed by atoms with E-state index in [0.717, 1.165) is 11.3 Å². The number of hydrogen-bond donors (Lipinski definition) is 1. The fourth-order valence-electron chi connectivity index (χ4n) is 2.18. The molecule has 0 bridgehead atoms. The van der Waals surface area contributed by atoms with E-state index in [1.54, 1.807) is 24.9 Å². The summed E-state index contributed by atoms with van der Waals surface area (Å²) in [6.45, 7) is 3.70. The molecule has 0 aliphatic heterocycles. The molecule has 0 aliphatic rings. The summed E-state index contributed by atoms with van der Waals surface area (Å²) in [7, 11) is 1.59. The third-order valence-corrected chi connectivity index (χ3v) is 3.51. The lowest BCUT2D eigenvalue weighted by molar-refractivity contribution is -0.141. The molecule has 2 aromatic rings. The van der Waals surface area contributed by atoms with Gasteiger partial charge in [-0.1, -0.05) is 25.1 Å². The van der Waals surface area contributed by atoms with Gasteiger partial charge in [0.05, 0.1) is 23.4 Å². The molecule has 0 radical (unpaired) electrons. The van der Waals surface area contributed by atoms with E-state index in [4.69, 9.17) is 5.11 Å². The topological polar surface area (TPSA) is 75.4 Å². The zero-order chi connectivity index (χ0) is 16.3. The number of aromatic nitrogens is 2. The minimum Gasteiger partial charge on any atom is -0.481 e. The van der Waals surface area contributed by atoms with Crippen LogP contribution < -0.4 is 0 Å². The standard InChI is InChI=1S/C16H19N3O3/c1-11-6-4-5-7-14(11)19-10-13(8-17-19)15(20)18(3)9-12(2)16(21)22/h4-8,10,12H,9H2,1-3H3,(H,21,22). The molecular formula is C16H19N3O3. The number of aliphatic carboxylic acids is 1. The van der Waals surface area contributed by atoms with Crippen molar-refractivity contribution in [2.75, 3.05) is 13.6 Å². The van der Waals surface area contributed by atoms with Gasteiger partial charge in [0.1, 0.15) is 0 Å². The van der Waals surface area contributed by atoms with Gasteiger partial charge in [-0.25, -0.2) is 4.68 Å². The summed E-state index contributed by atoms with van der Waals surface area (Å²) in [5, 5.41) is 13.1. The normalized spacial score (nSPS) is 12.0. The maximum atomic E-state index is 12.3. The van der Waals surface area contributed by atoms with Crippen molar-refractivity contribution in [3.8, 4) is 5.69 Å². The predicted octanol–water partition coefficient (Wildman–Crippen LogP) is 1.97. The van der Waals surface area contributed by atoms with Gasteiger partial charge >= 0.3 is 5.97 Å². The zero-order valence-corrected chi connectivity index (χ0v) is 12.9. The number of rotatable bonds is 5. The highest BCUT2D eigenvalue weighted by Crippen LogP contribution is 2.14. The molecule has 1 atom stereocenters. The molecule has 0 saturated carbocycles. The average Bonchev–Trinajstić information content (AvgIpc) is 2.96. The van der Waals surface area contributed by atoms with Gasteiger partial charge in [-0.05, 0) is 18.6 Å². The van der Waals surface area contributed by atoms with Gasteiger partial charge in [0, 0.05) is 19.8 Å². The van der Waals surface area contributed by atoms with Crippen LogP contribution in [0.25, 0.3) is 5.69 Å². The van der Waals surface area contributed by atoms with E-state index in [0.29, 0.717) is 5.56 Å². The van der Waals surface area contributed by atoms with Crippen molar-refractivity contribution in [2.45, 2.75) is 13.8 Å². The number of carbonyl (C=O) groups excluding carboxylic acids is 1. The van der Waals surface area contributed by atoms with Crippen molar-refractivity contribution in [3.05, 3.63) is 47.8 Å². The molecule has 0 aliphatic carbocycles. The molecule has 116 valence electrons. The largest absolute Gasteiger partial charge is 0.481 e. The first-order chi connectivity index (χ1) is 10.4. The Balaban J connectivity index is 2.16. The molecule has 0 spiro atoms. The first-order valence-corrected chi connectivity index (χ1v) is 6.99. The second-order valence-electron chi connectivity index (χ2n) is 5.39. The van der Waals surface area contributed by atoms with Gasteiger partial charge in [0.25, 0.3) is 5.91 Å². The third-order valence-electron chi connectivity index (χ3n) is 3.51. The molecule has 1 N–H and O–H groups in total. The lowest BCUT2D eigenvalue weighted by Crippen LogP contribution is -2.33. The zero-order valence-electron chi connectivity index (χ0n) is 12.9. The van der Waals surface area contributed by atoms with Crippen molar-refractivity contribution in [2.24, 2.45) is 5.92 Å². The second-order valence-corrected chi connectivity index (χ2v) is 5.39. The van der Waals surface area contributed by atoms with E-state index in [2.05, 4.69) is 5.10 Å². The minimum atomic E-state index is -0.921. The maximum Gasteiger partial charge on any atom is 0.308 e. The number of nitrogens with zero attached hydrogens (tertiary/aromatic N) is 3. The SMILES string of the molecule is Cc1ccccc1-n1cc(C(=O)N(C)CC(C)C(=O)O)cn1. The van der Waals surface area contributed by atoms with Crippen molar-refractivity contribution in [1.29, 1.82) is 0 Å². The van der Waals surface area contributed by atoms with E-state index in [9.17, 15) is 9.59 Å². The fraction of sp³-hybridized carbons (Fsp3) is 0.312. The molecule has 2 rings (SSSR count). The highest BCUT2D eigenvalue weighted by molar-refractivity contribution is 5.93. The van der Waals surface area contributed by atoms with Crippen LogP contribution in [0.2, 0.25) is 0 Å². The van der Waals surface area contributed by atoms with Gasteiger partial charge < -0.3 is 10.0 Å². The molecule has 1 unspecified atom stereocenters. The Morgan fingerprint density at radius 3 is 2.68 bits per heavy atom. The van der Waals surface area contributed by atoms with Crippen LogP contribution in [-0.2, 0) is 4.79 Å². The van der Waals surface area contributed by atoms with Crippen LogP contribution in [-0.4, -0.2) is 45.3 Å². The average molecular weight is 301 g/mol. The van der Waals surface area contributed by atoms with Crippen molar-refractivity contribution in [3.63, 3.8) is 0 Å². The Morgan fingerprint density at radius 2 is 2.05 bits per heavy atom. The quantitative estimate of drug-likeness (QED) is 0.916. The van der Waals surface area contributed by atoms with Gasteiger partial charge in [-0.2, -0.15) is 5.10 Å². The highest BCUT2D eigenvalue weighted by atomic mass is 16.4. The Kier molecular flexibility index (Phi) is 4.60. The Morgan fingerprint density at radius 1 is 1.36 bits per heavy atom. The third kappa shape index (κ3) is 3.33. The van der Waals surface area contributed by atoms with Crippen LogP contribution in [0.5, 0.6) is 0 Å². The number of hydrogen-bond acceptors (Lipinski definition) is 3. The van der Waals surface area contributed by atoms with Crippen LogP contribution in [0.1, 0.15) is 22.8 Å². The molecular weight excluding hydrogens is 282 g/mol.